The van der Waals surface area contributed by atoms with Crippen molar-refractivity contribution in [3.63, 3.8) is 0 Å². The lowest BCUT2D eigenvalue weighted by Crippen LogP contribution is -2.27. The third-order valence-corrected chi connectivity index (χ3v) is 3.70. The maximum atomic E-state index is 12.7. The molecule has 4 nitrogen and oxygen atoms in total. The summed E-state index contributed by atoms with van der Waals surface area (Å²) in [6.45, 7) is 3.95. The molecule has 0 saturated heterocycles. The third kappa shape index (κ3) is 3.84. The molecule has 0 amide bonds. The summed E-state index contributed by atoms with van der Waals surface area (Å²) in [5.41, 5.74) is 4.10. The van der Waals surface area contributed by atoms with E-state index < -0.39 is 0 Å². The smallest absolute Gasteiger partial charge is 0.255 e. The maximum absolute atomic E-state index is 12.7. The zero-order chi connectivity index (χ0) is 15.9. The topological polar surface area (TPSA) is 43.3 Å². The van der Waals surface area contributed by atoms with Gasteiger partial charge in [0.1, 0.15) is 0 Å². The van der Waals surface area contributed by atoms with Crippen LogP contribution in [0.3, 0.4) is 0 Å². The molecule has 0 unspecified atom stereocenters. The summed E-state index contributed by atoms with van der Waals surface area (Å²) in [5.74, 6) is 0. The molecule has 22 heavy (non-hydrogen) atoms. The number of hydrogen-bond donors (Lipinski definition) is 1. The fourth-order valence-corrected chi connectivity index (χ4v) is 2.51. The highest BCUT2D eigenvalue weighted by Crippen LogP contribution is 2.19. The number of rotatable bonds is 7. The van der Waals surface area contributed by atoms with E-state index in [2.05, 4.69) is 36.5 Å². The molecule has 0 saturated carbocycles. The van der Waals surface area contributed by atoms with Crippen LogP contribution in [0.25, 0.3) is 11.3 Å². The van der Waals surface area contributed by atoms with Gasteiger partial charge in [-0.15, -0.1) is 0 Å². The van der Waals surface area contributed by atoms with E-state index in [4.69, 9.17) is 4.74 Å². The van der Waals surface area contributed by atoms with Crippen LogP contribution in [0, 0.1) is 6.92 Å². The van der Waals surface area contributed by atoms with Crippen LogP contribution in [-0.2, 0) is 17.8 Å². The SMILES string of the molecule is CNCc1ccc(-c2ccc(C)cc2)n(CCCOC)c1=O. The number of pyridine rings is 1. The van der Waals surface area contributed by atoms with E-state index in [0.29, 0.717) is 19.7 Å². The Bertz CT molecular complexity index is 660. The van der Waals surface area contributed by atoms with Crippen LogP contribution < -0.4 is 10.9 Å². The fraction of sp³-hybridized carbons (Fsp3) is 0.389. The zero-order valence-corrected chi connectivity index (χ0v) is 13.6. The number of nitrogens with one attached hydrogen (secondary N) is 1. The van der Waals surface area contributed by atoms with Gasteiger partial charge in [0, 0.05) is 32.4 Å². The Morgan fingerprint density at radius 1 is 1.14 bits per heavy atom. The van der Waals surface area contributed by atoms with Crippen molar-refractivity contribution >= 4 is 0 Å². The van der Waals surface area contributed by atoms with Gasteiger partial charge in [0.25, 0.3) is 5.56 Å². The Balaban J connectivity index is 2.45. The molecule has 0 aliphatic heterocycles. The van der Waals surface area contributed by atoms with Crippen molar-refractivity contribution in [3.8, 4) is 11.3 Å². The van der Waals surface area contributed by atoms with E-state index >= 15 is 0 Å². The minimum absolute atomic E-state index is 0.0727. The van der Waals surface area contributed by atoms with Crippen molar-refractivity contribution < 1.29 is 4.74 Å². The van der Waals surface area contributed by atoms with Crippen LogP contribution in [0.4, 0.5) is 0 Å². The summed E-state index contributed by atoms with van der Waals surface area (Å²) in [7, 11) is 3.53. The lowest BCUT2D eigenvalue weighted by molar-refractivity contribution is 0.190. The first-order valence-electron chi connectivity index (χ1n) is 7.60. The first-order valence-corrected chi connectivity index (χ1v) is 7.60. The van der Waals surface area contributed by atoms with Gasteiger partial charge in [0.15, 0.2) is 0 Å². The Morgan fingerprint density at radius 3 is 2.50 bits per heavy atom. The monoisotopic (exact) mass is 300 g/mol. The minimum atomic E-state index is 0.0727. The van der Waals surface area contributed by atoms with Crippen LogP contribution in [0.1, 0.15) is 17.5 Å². The number of aryl methyl sites for hydroxylation is 1. The van der Waals surface area contributed by atoms with Crippen molar-refractivity contribution in [2.45, 2.75) is 26.4 Å². The van der Waals surface area contributed by atoms with Crippen LogP contribution in [-0.4, -0.2) is 25.3 Å². The van der Waals surface area contributed by atoms with Gasteiger partial charge >= 0.3 is 0 Å². The van der Waals surface area contributed by atoms with Gasteiger partial charge in [-0.3, -0.25) is 4.79 Å². The quantitative estimate of drug-likeness (QED) is 0.799. The number of benzene rings is 1. The molecule has 1 aromatic carbocycles. The highest BCUT2D eigenvalue weighted by molar-refractivity contribution is 5.60. The predicted molar refractivity (Wildman–Crippen MR) is 90.1 cm³/mol. The second-order valence-electron chi connectivity index (χ2n) is 5.44. The molecule has 0 fully saturated rings. The predicted octanol–water partition coefficient (Wildman–Crippen LogP) is 2.58. The Morgan fingerprint density at radius 2 is 1.86 bits per heavy atom. The van der Waals surface area contributed by atoms with Crippen molar-refractivity contribution in [2.75, 3.05) is 20.8 Å². The molecule has 0 aliphatic carbocycles. The van der Waals surface area contributed by atoms with E-state index in [-0.39, 0.29) is 5.56 Å². The highest BCUT2D eigenvalue weighted by Gasteiger charge is 2.10. The number of hydrogen-bond acceptors (Lipinski definition) is 3. The zero-order valence-electron chi connectivity index (χ0n) is 13.6. The van der Waals surface area contributed by atoms with Crippen molar-refractivity contribution in [2.24, 2.45) is 0 Å². The first kappa shape index (κ1) is 16.5. The van der Waals surface area contributed by atoms with E-state index in [1.165, 1.54) is 5.56 Å². The molecule has 4 heteroatoms. The van der Waals surface area contributed by atoms with E-state index in [1.54, 1.807) is 7.11 Å². The van der Waals surface area contributed by atoms with Gasteiger partial charge in [-0.25, -0.2) is 0 Å². The summed E-state index contributed by atoms with van der Waals surface area (Å²) < 4.78 is 6.97. The standard InChI is InChI=1S/C18H24N2O2/c1-14-5-7-15(8-6-14)17-10-9-16(13-19-2)18(21)20(17)11-4-12-22-3/h5-10,19H,4,11-13H2,1-3H3. The molecular weight excluding hydrogens is 276 g/mol. The van der Waals surface area contributed by atoms with Gasteiger partial charge in [-0.05, 0) is 32.0 Å². The van der Waals surface area contributed by atoms with E-state index in [1.807, 2.05) is 23.7 Å². The second-order valence-corrected chi connectivity index (χ2v) is 5.44. The number of methoxy groups -OCH3 is 1. The Labute approximate surface area is 131 Å². The lowest BCUT2D eigenvalue weighted by Gasteiger charge is -2.15. The highest BCUT2D eigenvalue weighted by atomic mass is 16.5. The van der Waals surface area contributed by atoms with Gasteiger partial charge in [-0.2, -0.15) is 0 Å². The maximum Gasteiger partial charge on any atom is 0.255 e. The molecule has 0 spiro atoms. The molecule has 1 heterocycles. The number of nitrogens with zero attached hydrogens (tertiary/aromatic N) is 1. The molecule has 0 bridgehead atoms. The first-order chi connectivity index (χ1) is 10.7. The van der Waals surface area contributed by atoms with Gasteiger partial charge in [0.05, 0.1) is 5.69 Å². The van der Waals surface area contributed by atoms with Gasteiger partial charge in [0.2, 0.25) is 0 Å². The minimum Gasteiger partial charge on any atom is -0.385 e. The fourth-order valence-electron chi connectivity index (χ4n) is 2.51. The molecule has 0 radical (unpaired) electrons. The van der Waals surface area contributed by atoms with Gasteiger partial charge in [-0.1, -0.05) is 35.9 Å². The summed E-state index contributed by atoms with van der Waals surface area (Å²) >= 11 is 0. The molecule has 0 atom stereocenters. The molecule has 2 aromatic rings. The molecule has 118 valence electrons. The number of aromatic nitrogens is 1. The van der Waals surface area contributed by atoms with E-state index in [9.17, 15) is 4.79 Å². The van der Waals surface area contributed by atoms with Crippen LogP contribution in [0.15, 0.2) is 41.2 Å². The van der Waals surface area contributed by atoms with Crippen LogP contribution >= 0.6 is 0 Å². The summed E-state index contributed by atoms with van der Waals surface area (Å²) in [5, 5.41) is 3.05. The average molecular weight is 300 g/mol. The molecule has 2 rings (SSSR count). The summed E-state index contributed by atoms with van der Waals surface area (Å²) in [6.07, 6.45) is 0.818. The normalized spacial score (nSPS) is 10.9. The van der Waals surface area contributed by atoms with E-state index in [0.717, 1.165) is 23.2 Å². The van der Waals surface area contributed by atoms with Crippen molar-refractivity contribution in [3.05, 3.63) is 57.9 Å². The molecule has 1 N–H and O–H groups in total. The van der Waals surface area contributed by atoms with Gasteiger partial charge < -0.3 is 14.6 Å². The third-order valence-electron chi connectivity index (χ3n) is 3.70. The van der Waals surface area contributed by atoms with Crippen LogP contribution in [0.2, 0.25) is 0 Å². The van der Waals surface area contributed by atoms with Crippen molar-refractivity contribution in [1.29, 1.82) is 0 Å². The molecular formula is C18H24N2O2. The summed E-state index contributed by atoms with van der Waals surface area (Å²) in [4.78, 5) is 12.7. The van der Waals surface area contributed by atoms with Crippen LogP contribution in [0.5, 0.6) is 0 Å². The lowest BCUT2D eigenvalue weighted by atomic mass is 10.1. The second kappa shape index (κ2) is 7.92. The molecule has 0 aliphatic rings. The Hall–Kier alpha value is -1.91. The van der Waals surface area contributed by atoms with Crippen molar-refractivity contribution in [1.82, 2.24) is 9.88 Å². The largest absolute Gasteiger partial charge is 0.385 e. The number of ether oxygens (including phenoxy) is 1. The average Bonchev–Trinajstić information content (AvgIpc) is 2.52. The Kier molecular flexibility index (Phi) is 5.92. The molecule has 1 aromatic heterocycles. The summed E-state index contributed by atoms with van der Waals surface area (Å²) in [6, 6.07) is 12.2.